The molecule has 0 atom stereocenters. The largest absolute Gasteiger partial charge is 0.220 e. The SMILES string of the molecule is N#CC1=CN=C=NC1. The molecule has 0 aromatic rings. The standard InChI is InChI=1S/C5H3N3/c6-1-5-2-7-4-8-3-5/h2H,3H2. The van der Waals surface area contributed by atoms with Crippen molar-refractivity contribution < 1.29 is 0 Å². The predicted molar refractivity (Wildman–Crippen MR) is 28.4 cm³/mol. The highest BCUT2D eigenvalue weighted by Crippen LogP contribution is 1.94. The lowest BCUT2D eigenvalue weighted by Crippen LogP contribution is -1.86. The van der Waals surface area contributed by atoms with Gasteiger partial charge in [0.2, 0.25) is 0 Å². The third kappa shape index (κ3) is 0.810. The number of nitriles is 1. The third-order valence-corrected chi connectivity index (χ3v) is 0.742. The van der Waals surface area contributed by atoms with E-state index in [9.17, 15) is 0 Å². The van der Waals surface area contributed by atoms with Crippen LogP contribution in [0, 0.1) is 11.3 Å². The lowest BCUT2D eigenvalue weighted by molar-refractivity contribution is 1.15. The molecular weight excluding hydrogens is 102 g/mol. The van der Waals surface area contributed by atoms with Crippen LogP contribution in [0.15, 0.2) is 21.8 Å². The van der Waals surface area contributed by atoms with Gasteiger partial charge in [-0.1, -0.05) is 0 Å². The van der Waals surface area contributed by atoms with Crippen LogP contribution in [-0.4, -0.2) is 12.6 Å². The summed E-state index contributed by atoms with van der Waals surface area (Å²) < 4.78 is 0. The third-order valence-electron chi connectivity index (χ3n) is 0.742. The molecule has 0 spiro atoms. The summed E-state index contributed by atoms with van der Waals surface area (Å²) in [5.74, 6) is 0. The monoisotopic (exact) mass is 105 g/mol. The molecule has 0 aliphatic carbocycles. The van der Waals surface area contributed by atoms with Crippen LogP contribution in [0.2, 0.25) is 0 Å². The van der Waals surface area contributed by atoms with Crippen LogP contribution in [0.25, 0.3) is 0 Å². The van der Waals surface area contributed by atoms with Gasteiger partial charge in [-0.3, -0.25) is 0 Å². The second-order valence-corrected chi connectivity index (χ2v) is 1.31. The van der Waals surface area contributed by atoms with E-state index in [0.29, 0.717) is 12.1 Å². The van der Waals surface area contributed by atoms with Crippen molar-refractivity contribution in [3.8, 4) is 6.07 Å². The van der Waals surface area contributed by atoms with Gasteiger partial charge >= 0.3 is 0 Å². The van der Waals surface area contributed by atoms with Crippen LogP contribution in [0.3, 0.4) is 0 Å². The van der Waals surface area contributed by atoms with Gasteiger partial charge in [0.05, 0.1) is 30.4 Å². The number of nitrogens with zero attached hydrogens (tertiary/aromatic N) is 3. The van der Waals surface area contributed by atoms with E-state index in [4.69, 9.17) is 5.26 Å². The van der Waals surface area contributed by atoms with E-state index >= 15 is 0 Å². The Morgan fingerprint density at radius 3 is 3.12 bits per heavy atom. The van der Waals surface area contributed by atoms with Gasteiger partial charge in [-0.2, -0.15) is 10.3 Å². The minimum Gasteiger partial charge on any atom is -0.220 e. The molecule has 8 heavy (non-hydrogen) atoms. The fourth-order valence-electron chi connectivity index (χ4n) is 0.373. The summed E-state index contributed by atoms with van der Waals surface area (Å²) in [7, 11) is 0. The van der Waals surface area contributed by atoms with Crippen LogP contribution in [0.5, 0.6) is 0 Å². The molecule has 0 aromatic carbocycles. The molecular formula is C5H3N3. The lowest BCUT2D eigenvalue weighted by Gasteiger charge is -1.87. The van der Waals surface area contributed by atoms with Gasteiger partial charge in [-0.25, -0.2) is 4.99 Å². The molecule has 0 unspecified atom stereocenters. The molecule has 0 bridgehead atoms. The topological polar surface area (TPSA) is 48.5 Å². The normalized spacial score (nSPS) is 15.1. The van der Waals surface area contributed by atoms with Gasteiger partial charge in [0.15, 0.2) is 0 Å². The first kappa shape index (κ1) is 4.76. The Kier molecular flexibility index (Phi) is 1.23. The zero-order valence-corrected chi connectivity index (χ0v) is 4.13. The van der Waals surface area contributed by atoms with Crippen LogP contribution < -0.4 is 0 Å². The number of hydrogen-bond donors (Lipinski definition) is 0. The fourth-order valence-corrected chi connectivity index (χ4v) is 0.373. The minimum atomic E-state index is 0.431. The molecule has 1 aliphatic heterocycles. The molecule has 0 N–H and O–H groups in total. The second-order valence-electron chi connectivity index (χ2n) is 1.31. The molecule has 0 radical (unpaired) electrons. The quantitative estimate of drug-likeness (QED) is 0.444. The molecule has 3 heteroatoms. The molecule has 0 amide bonds. The molecule has 1 aliphatic rings. The summed E-state index contributed by atoms with van der Waals surface area (Å²) in [5, 5.41) is 8.22. The highest BCUT2D eigenvalue weighted by atomic mass is 14.8. The zero-order valence-electron chi connectivity index (χ0n) is 4.13. The number of rotatable bonds is 0. The van der Waals surface area contributed by atoms with Gasteiger partial charge in [-0.15, -0.1) is 0 Å². The van der Waals surface area contributed by atoms with E-state index in [2.05, 4.69) is 16.0 Å². The van der Waals surface area contributed by atoms with E-state index in [1.54, 1.807) is 0 Å². The van der Waals surface area contributed by atoms with E-state index in [-0.39, 0.29) is 0 Å². The maximum atomic E-state index is 8.22. The number of aliphatic imine (C=N–C) groups is 2. The Hall–Kier alpha value is -1.39. The number of hydrogen-bond acceptors (Lipinski definition) is 3. The molecule has 1 heterocycles. The van der Waals surface area contributed by atoms with Crippen molar-refractivity contribution in [3.05, 3.63) is 11.8 Å². The van der Waals surface area contributed by atoms with Crippen molar-refractivity contribution >= 4 is 6.01 Å². The average molecular weight is 105 g/mol. The minimum absolute atomic E-state index is 0.431. The maximum Gasteiger partial charge on any atom is 0.0983 e. The van der Waals surface area contributed by atoms with E-state index in [1.807, 2.05) is 6.07 Å². The lowest BCUT2D eigenvalue weighted by atomic mass is 10.3. The van der Waals surface area contributed by atoms with Crippen molar-refractivity contribution in [2.24, 2.45) is 9.98 Å². The van der Waals surface area contributed by atoms with Crippen molar-refractivity contribution in [1.29, 1.82) is 5.26 Å². The summed E-state index contributed by atoms with van der Waals surface area (Å²) in [6.07, 6.45) is 1.47. The Balaban J connectivity index is 2.81. The average Bonchev–Trinajstić information content (AvgIpc) is 1.90. The van der Waals surface area contributed by atoms with E-state index < -0.39 is 0 Å². The molecule has 0 aromatic heterocycles. The first-order valence-electron chi connectivity index (χ1n) is 2.14. The highest BCUT2D eigenvalue weighted by Gasteiger charge is 1.92. The Labute approximate surface area is 46.7 Å². The van der Waals surface area contributed by atoms with E-state index in [1.165, 1.54) is 6.20 Å². The molecule has 1 rings (SSSR count). The smallest absolute Gasteiger partial charge is 0.0983 e. The van der Waals surface area contributed by atoms with E-state index in [0.717, 1.165) is 0 Å². The van der Waals surface area contributed by atoms with Crippen molar-refractivity contribution in [2.45, 2.75) is 0 Å². The van der Waals surface area contributed by atoms with Gasteiger partial charge in [0, 0.05) is 0 Å². The van der Waals surface area contributed by atoms with Gasteiger partial charge in [0.25, 0.3) is 0 Å². The fraction of sp³-hybridized carbons (Fsp3) is 0.200. The van der Waals surface area contributed by atoms with Gasteiger partial charge < -0.3 is 0 Å². The van der Waals surface area contributed by atoms with Crippen LogP contribution in [0.4, 0.5) is 0 Å². The molecule has 38 valence electrons. The molecule has 0 fully saturated rings. The Morgan fingerprint density at radius 1 is 1.88 bits per heavy atom. The van der Waals surface area contributed by atoms with Crippen molar-refractivity contribution in [2.75, 3.05) is 6.54 Å². The van der Waals surface area contributed by atoms with Crippen LogP contribution in [-0.2, 0) is 0 Å². The second kappa shape index (κ2) is 2.06. The Morgan fingerprint density at radius 2 is 2.75 bits per heavy atom. The maximum absolute atomic E-state index is 8.22. The van der Waals surface area contributed by atoms with Crippen LogP contribution >= 0.6 is 0 Å². The summed E-state index contributed by atoms with van der Waals surface area (Å²) in [6, 6.07) is 4.31. The predicted octanol–water partition coefficient (Wildman–Crippen LogP) is 0.581. The summed E-state index contributed by atoms with van der Waals surface area (Å²) in [6.45, 7) is 0.431. The molecule has 0 saturated heterocycles. The summed E-state index contributed by atoms with van der Waals surface area (Å²) in [4.78, 5) is 7.15. The van der Waals surface area contributed by atoms with Crippen molar-refractivity contribution in [1.82, 2.24) is 0 Å². The first-order chi connectivity index (χ1) is 3.93. The van der Waals surface area contributed by atoms with Gasteiger partial charge in [-0.05, 0) is 0 Å². The highest BCUT2D eigenvalue weighted by molar-refractivity contribution is 5.47. The zero-order chi connectivity index (χ0) is 5.82. The Bertz CT molecular complexity index is 212. The van der Waals surface area contributed by atoms with Crippen molar-refractivity contribution in [3.63, 3.8) is 0 Å². The van der Waals surface area contributed by atoms with Crippen LogP contribution in [0.1, 0.15) is 0 Å². The van der Waals surface area contributed by atoms with Gasteiger partial charge in [0.1, 0.15) is 0 Å². The molecule has 0 saturated carbocycles. The first-order valence-corrected chi connectivity index (χ1v) is 2.14. The summed E-state index contributed by atoms with van der Waals surface area (Å²) in [5.41, 5.74) is 0.587. The summed E-state index contributed by atoms with van der Waals surface area (Å²) >= 11 is 0. The molecule has 3 nitrogen and oxygen atoms in total.